The number of methoxy groups -OCH3 is 1. The molecule has 8 nitrogen and oxygen atoms in total. The van der Waals surface area contributed by atoms with Gasteiger partial charge >= 0.3 is 5.97 Å². The van der Waals surface area contributed by atoms with Crippen molar-refractivity contribution in [1.29, 1.82) is 0 Å². The highest BCUT2D eigenvalue weighted by atomic mass is 16.5. The van der Waals surface area contributed by atoms with E-state index in [-0.39, 0.29) is 24.1 Å². The van der Waals surface area contributed by atoms with Crippen LogP contribution < -0.4 is 10.6 Å². The number of amides is 2. The molecular weight excluding hydrogens is 324 g/mol. The van der Waals surface area contributed by atoms with Crippen LogP contribution in [0.4, 0.5) is 5.82 Å². The van der Waals surface area contributed by atoms with Crippen molar-refractivity contribution in [3.63, 3.8) is 0 Å². The summed E-state index contributed by atoms with van der Waals surface area (Å²) < 4.78 is 5.94. The molecule has 1 aromatic carbocycles. The number of nitrogens with one attached hydrogen (secondary N) is 2. The van der Waals surface area contributed by atoms with Gasteiger partial charge in [-0.1, -0.05) is 32.0 Å². The second-order valence-electron chi connectivity index (χ2n) is 5.56. The molecule has 1 heterocycles. The van der Waals surface area contributed by atoms with Crippen molar-refractivity contribution in [1.82, 2.24) is 15.1 Å². The predicted molar refractivity (Wildman–Crippen MR) is 91.4 cm³/mol. The van der Waals surface area contributed by atoms with Crippen molar-refractivity contribution >= 4 is 23.6 Å². The molecule has 0 bridgehead atoms. The van der Waals surface area contributed by atoms with Crippen molar-refractivity contribution in [2.24, 2.45) is 5.92 Å². The molecule has 0 aliphatic heterocycles. The number of carbonyl (C=O) groups is 3. The van der Waals surface area contributed by atoms with E-state index in [1.807, 2.05) is 18.2 Å². The summed E-state index contributed by atoms with van der Waals surface area (Å²) in [5, 5.41) is 9.40. The van der Waals surface area contributed by atoms with Crippen LogP contribution in [-0.2, 0) is 14.3 Å². The van der Waals surface area contributed by atoms with Crippen LogP contribution in [0.15, 0.2) is 36.4 Å². The zero-order valence-corrected chi connectivity index (χ0v) is 14.3. The van der Waals surface area contributed by atoms with E-state index in [9.17, 15) is 14.4 Å². The summed E-state index contributed by atoms with van der Waals surface area (Å²) in [6.07, 6.45) is 0. The van der Waals surface area contributed by atoms with E-state index in [0.29, 0.717) is 11.5 Å². The summed E-state index contributed by atoms with van der Waals surface area (Å²) in [7, 11) is 1.23. The van der Waals surface area contributed by atoms with Crippen LogP contribution in [0.2, 0.25) is 0 Å². The third-order valence-corrected chi connectivity index (χ3v) is 3.34. The van der Waals surface area contributed by atoms with E-state index in [1.165, 1.54) is 17.9 Å². The average molecular weight is 344 g/mol. The summed E-state index contributed by atoms with van der Waals surface area (Å²) >= 11 is 0. The van der Waals surface area contributed by atoms with E-state index < -0.39 is 11.9 Å². The van der Waals surface area contributed by atoms with E-state index >= 15 is 0 Å². The van der Waals surface area contributed by atoms with Crippen LogP contribution in [-0.4, -0.2) is 41.2 Å². The lowest BCUT2D eigenvalue weighted by atomic mass is 10.2. The number of nitrogens with zero attached hydrogens (tertiary/aromatic N) is 2. The van der Waals surface area contributed by atoms with Crippen LogP contribution in [0.25, 0.3) is 5.69 Å². The van der Waals surface area contributed by atoms with Crippen LogP contribution >= 0.6 is 0 Å². The number of rotatable bonds is 6. The van der Waals surface area contributed by atoms with Crippen molar-refractivity contribution in [3.8, 4) is 5.69 Å². The number of anilines is 1. The molecule has 25 heavy (non-hydrogen) atoms. The first-order valence-corrected chi connectivity index (χ1v) is 7.73. The van der Waals surface area contributed by atoms with Crippen molar-refractivity contribution < 1.29 is 19.1 Å². The second-order valence-corrected chi connectivity index (χ2v) is 5.56. The molecule has 8 heteroatoms. The molecule has 0 saturated heterocycles. The van der Waals surface area contributed by atoms with Gasteiger partial charge in [-0.05, 0) is 12.1 Å². The first-order valence-electron chi connectivity index (χ1n) is 7.73. The van der Waals surface area contributed by atoms with Gasteiger partial charge in [-0.15, -0.1) is 0 Å². The Bertz CT molecular complexity index is 768. The Kier molecular flexibility index (Phi) is 5.89. The quantitative estimate of drug-likeness (QED) is 0.771. The highest BCUT2D eigenvalue weighted by molar-refractivity contribution is 5.97. The van der Waals surface area contributed by atoms with Crippen LogP contribution in [0, 0.1) is 5.92 Å². The largest absolute Gasteiger partial charge is 0.468 e. The number of benzene rings is 1. The third kappa shape index (κ3) is 4.66. The van der Waals surface area contributed by atoms with Gasteiger partial charge in [0, 0.05) is 12.0 Å². The summed E-state index contributed by atoms with van der Waals surface area (Å²) in [6.45, 7) is 3.27. The third-order valence-electron chi connectivity index (χ3n) is 3.34. The zero-order chi connectivity index (χ0) is 18.4. The lowest BCUT2D eigenvalue weighted by molar-refractivity contribution is -0.139. The normalized spacial score (nSPS) is 10.4. The first kappa shape index (κ1) is 18.2. The molecule has 0 atom stereocenters. The van der Waals surface area contributed by atoms with Crippen molar-refractivity contribution in [3.05, 3.63) is 42.1 Å². The molecule has 0 spiro atoms. The topological polar surface area (TPSA) is 102 Å². The molecule has 0 aliphatic carbocycles. The molecule has 1 aromatic heterocycles. The molecule has 2 aromatic rings. The molecule has 2 rings (SSSR count). The maximum absolute atomic E-state index is 12.2. The van der Waals surface area contributed by atoms with Gasteiger partial charge in [0.05, 0.1) is 12.8 Å². The van der Waals surface area contributed by atoms with Crippen molar-refractivity contribution in [2.75, 3.05) is 19.0 Å². The number of para-hydroxylation sites is 1. The second kappa shape index (κ2) is 8.09. The van der Waals surface area contributed by atoms with Gasteiger partial charge in [-0.3, -0.25) is 14.4 Å². The van der Waals surface area contributed by atoms with Gasteiger partial charge in [0.15, 0.2) is 5.69 Å². The zero-order valence-electron chi connectivity index (χ0n) is 14.3. The average Bonchev–Trinajstić information content (AvgIpc) is 3.03. The van der Waals surface area contributed by atoms with E-state index in [1.54, 1.807) is 26.0 Å². The smallest absolute Gasteiger partial charge is 0.325 e. The van der Waals surface area contributed by atoms with Gasteiger partial charge in [0.2, 0.25) is 5.91 Å². The van der Waals surface area contributed by atoms with Gasteiger partial charge in [-0.2, -0.15) is 5.10 Å². The molecule has 0 unspecified atom stereocenters. The number of carbonyl (C=O) groups excluding carboxylic acids is 3. The fraction of sp³-hybridized carbons (Fsp3) is 0.294. The fourth-order valence-electron chi connectivity index (χ4n) is 1.93. The van der Waals surface area contributed by atoms with Crippen LogP contribution in [0.1, 0.15) is 24.3 Å². The first-order chi connectivity index (χ1) is 11.9. The molecule has 132 valence electrons. The summed E-state index contributed by atoms with van der Waals surface area (Å²) in [4.78, 5) is 35.3. The SMILES string of the molecule is COC(=O)CNC(=O)c1cc(NC(=O)C(C)C)n(-c2ccccc2)n1. The number of ether oxygens (including phenoxy) is 1. The van der Waals surface area contributed by atoms with E-state index in [0.717, 1.165) is 0 Å². The van der Waals surface area contributed by atoms with Crippen LogP contribution in [0.5, 0.6) is 0 Å². The molecule has 0 aliphatic rings. The highest BCUT2D eigenvalue weighted by Gasteiger charge is 2.18. The standard InChI is InChI=1S/C17H20N4O4/c1-11(2)16(23)19-14-9-13(17(24)18-10-15(22)25-3)20-21(14)12-7-5-4-6-8-12/h4-9,11H,10H2,1-3H3,(H,18,24)(H,19,23). The minimum Gasteiger partial charge on any atom is -0.468 e. The maximum Gasteiger partial charge on any atom is 0.325 e. The summed E-state index contributed by atoms with van der Waals surface area (Å²) in [5.74, 6) is -1.16. The molecule has 2 N–H and O–H groups in total. The Morgan fingerprint density at radius 2 is 1.88 bits per heavy atom. The minimum atomic E-state index is -0.566. The number of aromatic nitrogens is 2. The van der Waals surface area contributed by atoms with Crippen LogP contribution in [0.3, 0.4) is 0 Å². The molecule has 0 fully saturated rings. The Morgan fingerprint density at radius 1 is 1.20 bits per heavy atom. The fourth-order valence-corrected chi connectivity index (χ4v) is 1.93. The number of hydrogen-bond donors (Lipinski definition) is 2. The van der Waals surface area contributed by atoms with E-state index in [4.69, 9.17) is 0 Å². The minimum absolute atomic E-state index is 0.0758. The lowest BCUT2D eigenvalue weighted by Gasteiger charge is -2.10. The van der Waals surface area contributed by atoms with Gasteiger partial charge in [-0.25, -0.2) is 4.68 Å². The Labute approximate surface area is 145 Å². The number of hydrogen-bond acceptors (Lipinski definition) is 5. The summed E-state index contributed by atoms with van der Waals surface area (Å²) in [5.41, 5.74) is 0.764. The van der Waals surface area contributed by atoms with Gasteiger partial charge in [0.1, 0.15) is 12.4 Å². The van der Waals surface area contributed by atoms with Gasteiger partial charge in [0.25, 0.3) is 5.91 Å². The highest BCUT2D eigenvalue weighted by Crippen LogP contribution is 2.18. The van der Waals surface area contributed by atoms with E-state index in [2.05, 4.69) is 20.5 Å². The Balaban J connectivity index is 2.30. The summed E-state index contributed by atoms with van der Waals surface area (Å²) in [6, 6.07) is 10.6. The molecule has 2 amide bonds. The maximum atomic E-state index is 12.2. The molecular formula is C17H20N4O4. The number of esters is 1. The van der Waals surface area contributed by atoms with Crippen molar-refractivity contribution in [2.45, 2.75) is 13.8 Å². The Morgan fingerprint density at radius 3 is 2.48 bits per heavy atom. The molecule has 0 radical (unpaired) electrons. The molecule has 0 saturated carbocycles. The Hall–Kier alpha value is -3.16. The lowest BCUT2D eigenvalue weighted by Crippen LogP contribution is -2.30. The predicted octanol–water partition coefficient (Wildman–Crippen LogP) is 1.37. The monoisotopic (exact) mass is 344 g/mol. The van der Waals surface area contributed by atoms with Gasteiger partial charge < -0.3 is 15.4 Å².